The highest BCUT2D eigenvalue weighted by Crippen LogP contribution is 2.24. The summed E-state index contributed by atoms with van der Waals surface area (Å²) < 4.78 is 0. The first kappa shape index (κ1) is 13.4. The normalized spacial score (nSPS) is 36.0. The molecule has 2 heteroatoms. The first-order valence-electron chi connectivity index (χ1n) is 7.74. The standard InChI is InChI=1S/C15H30N2/c1-13-6-3-7-14(2)17(13)11-5-9-15-8-4-10-16-12-15/h13-16H,3-12H2,1-2H3. The Morgan fingerprint density at radius 2 is 1.82 bits per heavy atom. The van der Waals surface area contributed by atoms with Crippen molar-refractivity contribution in [2.24, 2.45) is 5.92 Å². The maximum atomic E-state index is 3.53. The largest absolute Gasteiger partial charge is 0.316 e. The van der Waals surface area contributed by atoms with E-state index in [9.17, 15) is 0 Å². The summed E-state index contributed by atoms with van der Waals surface area (Å²) in [6.45, 7) is 8.68. The van der Waals surface area contributed by atoms with E-state index >= 15 is 0 Å². The van der Waals surface area contributed by atoms with Crippen molar-refractivity contribution in [1.82, 2.24) is 10.2 Å². The van der Waals surface area contributed by atoms with Crippen LogP contribution in [-0.2, 0) is 0 Å². The van der Waals surface area contributed by atoms with Crippen molar-refractivity contribution in [2.45, 2.75) is 70.9 Å². The number of hydrogen-bond donors (Lipinski definition) is 1. The van der Waals surface area contributed by atoms with Crippen LogP contribution >= 0.6 is 0 Å². The molecule has 2 fully saturated rings. The lowest BCUT2D eigenvalue weighted by molar-refractivity contribution is 0.0989. The molecule has 0 bridgehead atoms. The van der Waals surface area contributed by atoms with Gasteiger partial charge in [0.05, 0.1) is 0 Å². The van der Waals surface area contributed by atoms with Gasteiger partial charge >= 0.3 is 0 Å². The van der Waals surface area contributed by atoms with E-state index in [-0.39, 0.29) is 0 Å². The quantitative estimate of drug-likeness (QED) is 0.810. The number of hydrogen-bond acceptors (Lipinski definition) is 2. The van der Waals surface area contributed by atoms with Crippen LogP contribution in [0.25, 0.3) is 0 Å². The molecule has 0 aliphatic carbocycles. The van der Waals surface area contributed by atoms with Gasteiger partial charge in [-0.3, -0.25) is 4.90 Å². The molecule has 17 heavy (non-hydrogen) atoms. The summed E-state index contributed by atoms with van der Waals surface area (Å²) in [5.41, 5.74) is 0. The molecule has 0 aromatic carbocycles. The molecule has 100 valence electrons. The zero-order valence-corrected chi connectivity index (χ0v) is 11.8. The lowest BCUT2D eigenvalue weighted by Gasteiger charge is -2.39. The first-order chi connectivity index (χ1) is 8.27. The molecule has 0 saturated carbocycles. The molecule has 2 aliphatic heterocycles. The Balaban J connectivity index is 1.66. The van der Waals surface area contributed by atoms with Gasteiger partial charge in [-0.15, -0.1) is 0 Å². The van der Waals surface area contributed by atoms with E-state index in [2.05, 4.69) is 24.1 Å². The van der Waals surface area contributed by atoms with Crippen molar-refractivity contribution in [3.05, 3.63) is 0 Å². The summed E-state index contributed by atoms with van der Waals surface area (Å²) in [4.78, 5) is 2.75. The van der Waals surface area contributed by atoms with Gasteiger partial charge in [-0.25, -0.2) is 0 Å². The lowest BCUT2D eigenvalue weighted by Crippen LogP contribution is -2.44. The van der Waals surface area contributed by atoms with Gasteiger partial charge in [-0.05, 0) is 77.9 Å². The molecular formula is C15H30N2. The van der Waals surface area contributed by atoms with Crippen molar-refractivity contribution >= 4 is 0 Å². The molecular weight excluding hydrogens is 208 g/mol. The Labute approximate surface area is 107 Å². The van der Waals surface area contributed by atoms with Crippen molar-refractivity contribution in [3.8, 4) is 0 Å². The summed E-state index contributed by atoms with van der Waals surface area (Å²) >= 11 is 0. The fraction of sp³-hybridized carbons (Fsp3) is 1.00. The summed E-state index contributed by atoms with van der Waals surface area (Å²) in [6.07, 6.45) is 9.94. The Bertz CT molecular complexity index is 201. The second-order valence-corrected chi connectivity index (χ2v) is 6.22. The average Bonchev–Trinajstić information content (AvgIpc) is 2.34. The molecule has 2 heterocycles. The maximum absolute atomic E-state index is 3.53. The van der Waals surface area contributed by atoms with Crippen LogP contribution in [0.15, 0.2) is 0 Å². The van der Waals surface area contributed by atoms with Gasteiger partial charge in [0, 0.05) is 12.1 Å². The van der Waals surface area contributed by atoms with Crippen LogP contribution in [0.5, 0.6) is 0 Å². The smallest absolute Gasteiger partial charge is 0.00697 e. The minimum Gasteiger partial charge on any atom is -0.316 e. The van der Waals surface area contributed by atoms with Crippen molar-refractivity contribution in [2.75, 3.05) is 19.6 Å². The van der Waals surface area contributed by atoms with Crippen molar-refractivity contribution < 1.29 is 0 Å². The Hall–Kier alpha value is -0.0800. The third kappa shape index (κ3) is 3.96. The third-order valence-electron chi connectivity index (χ3n) is 4.80. The predicted molar refractivity (Wildman–Crippen MR) is 74.3 cm³/mol. The average molecular weight is 238 g/mol. The van der Waals surface area contributed by atoms with Crippen molar-refractivity contribution in [3.63, 3.8) is 0 Å². The van der Waals surface area contributed by atoms with E-state index in [1.807, 2.05) is 0 Å². The van der Waals surface area contributed by atoms with E-state index < -0.39 is 0 Å². The number of nitrogens with one attached hydrogen (secondary N) is 1. The van der Waals surface area contributed by atoms with Crippen LogP contribution in [0.4, 0.5) is 0 Å². The van der Waals surface area contributed by atoms with Crippen LogP contribution in [0, 0.1) is 5.92 Å². The SMILES string of the molecule is CC1CCCC(C)N1CCCC1CCCNC1. The second-order valence-electron chi connectivity index (χ2n) is 6.22. The monoisotopic (exact) mass is 238 g/mol. The van der Waals surface area contributed by atoms with E-state index in [0.29, 0.717) is 0 Å². The van der Waals surface area contributed by atoms with Gasteiger partial charge in [-0.1, -0.05) is 6.42 Å². The zero-order valence-electron chi connectivity index (χ0n) is 11.8. The topological polar surface area (TPSA) is 15.3 Å². The van der Waals surface area contributed by atoms with Crippen LogP contribution in [0.1, 0.15) is 58.8 Å². The van der Waals surface area contributed by atoms with E-state index in [1.54, 1.807) is 0 Å². The molecule has 1 N–H and O–H groups in total. The van der Waals surface area contributed by atoms with Crippen LogP contribution in [0.2, 0.25) is 0 Å². The molecule has 2 aliphatic rings. The Morgan fingerprint density at radius 3 is 2.47 bits per heavy atom. The number of piperidine rings is 2. The first-order valence-corrected chi connectivity index (χ1v) is 7.74. The molecule has 2 rings (SSSR count). The number of likely N-dealkylation sites (tertiary alicyclic amines) is 1. The highest BCUT2D eigenvalue weighted by atomic mass is 15.2. The third-order valence-corrected chi connectivity index (χ3v) is 4.80. The summed E-state index contributed by atoms with van der Waals surface area (Å²) in [5.74, 6) is 0.958. The van der Waals surface area contributed by atoms with Gasteiger partial charge in [0.25, 0.3) is 0 Å². The molecule has 2 saturated heterocycles. The minimum absolute atomic E-state index is 0.822. The summed E-state index contributed by atoms with van der Waals surface area (Å²) in [7, 11) is 0. The molecule has 2 nitrogen and oxygen atoms in total. The number of nitrogens with zero attached hydrogens (tertiary/aromatic N) is 1. The molecule has 3 unspecified atom stereocenters. The second kappa shape index (κ2) is 6.75. The highest BCUT2D eigenvalue weighted by Gasteiger charge is 2.24. The van der Waals surface area contributed by atoms with Gasteiger partial charge in [0.15, 0.2) is 0 Å². The van der Waals surface area contributed by atoms with Gasteiger partial charge in [0.1, 0.15) is 0 Å². The Kier molecular flexibility index (Phi) is 5.30. The fourth-order valence-corrected chi connectivity index (χ4v) is 3.65. The fourth-order valence-electron chi connectivity index (χ4n) is 3.65. The molecule has 0 amide bonds. The minimum atomic E-state index is 0.822. The highest BCUT2D eigenvalue weighted by molar-refractivity contribution is 4.80. The number of rotatable bonds is 4. The van der Waals surface area contributed by atoms with Gasteiger partial charge in [0.2, 0.25) is 0 Å². The molecule has 0 aromatic heterocycles. The zero-order chi connectivity index (χ0) is 12.1. The van der Waals surface area contributed by atoms with Crippen LogP contribution < -0.4 is 5.32 Å². The van der Waals surface area contributed by atoms with Crippen LogP contribution in [0.3, 0.4) is 0 Å². The predicted octanol–water partition coefficient (Wildman–Crippen LogP) is 3.03. The lowest BCUT2D eigenvalue weighted by atomic mass is 9.93. The van der Waals surface area contributed by atoms with Gasteiger partial charge in [-0.2, -0.15) is 0 Å². The maximum Gasteiger partial charge on any atom is 0.00697 e. The summed E-state index contributed by atoms with van der Waals surface area (Å²) in [6, 6.07) is 1.64. The van der Waals surface area contributed by atoms with Gasteiger partial charge < -0.3 is 5.32 Å². The summed E-state index contributed by atoms with van der Waals surface area (Å²) in [5, 5.41) is 3.53. The van der Waals surface area contributed by atoms with E-state index in [0.717, 1.165) is 18.0 Å². The molecule has 0 spiro atoms. The van der Waals surface area contributed by atoms with Crippen molar-refractivity contribution in [1.29, 1.82) is 0 Å². The Morgan fingerprint density at radius 1 is 1.06 bits per heavy atom. The molecule has 3 atom stereocenters. The molecule has 0 radical (unpaired) electrons. The molecule has 0 aromatic rings. The van der Waals surface area contributed by atoms with E-state index in [4.69, 9.17) is 0 Å². The van der Waals surface area contributed by atoms with Crippen LogP contribution in [-0.4, -0.2) is 36.6 Å². The van der Waals surface area contributed by atoms with E-state index in [1.165, 1.54) is 64.6 Å².